The summed E-state index contributed by atoms with van der Waals surface area (Å²) in [4.78, 5) is 14.7. The van der Waals surface area contributed by atoms with Gasteiger partial charge in [0.15, 0.2) is 11.5 Å². The van der Waals surface area contributed by atoms with Gasteiger partial charge in [-0.2, -0.15) is 13.5 Å². The van der Waals surface area contributed by atoms with Crippen molar-refractivity contribution >= 4 is 22.2 Å². The Bertz CT molecular complexity index is 1240. The van der Waals surface area contributed by atoms with E-state index in [1.807, 2.05) is 13.8 Å². The van der Waals surface area contributed by atoms with Crippen LogP contribution in [0.5, 0.6) is 17.2 Å². The van der Waals surface area contributed by atoms with Gasteiger partial charge >= 0.3 is 5.97 Å². The first-order valence-corrected chi connectivity index (χ1v) is 11.6. The molecule has 3 aromatic carbocycles. The highest BCUT2D eigenvalue weighted by Gasteiger charge is 2.14. The molecular formula is C24H24N2O6S. The number of hydrogen-bond donors (Lipinski definition) is 1. The SMILES string of the molecule is CCOc1ccc(C(=O)Oc2ccc(C=NNS(=O)(=O)c3ccc(C)cc3)cc2OC)cc1. The van der Waals surface area contributed by atoms with Crippen LogP contribution in [-0.4, -0.2) is 34.3 Å². The highest BCUT2D eigenvalue weighted by Crippen LogP contribution is 2.28. The molecule has 0 heterocycles. The molecule has 3 rings (SSSR count). The maximum Gasteiger partial charge on any atom is 0.343 e. The summed E-state index contributed by atoms with van der Waals surface area (Å²) in [5.41, 5.74) is 1.85. The molecule has 0 radical (unpaired) electrons. The zero-order valence-electron chi connectivity index (χ0n) is 18.4. The van der Waals surface area contributed by atoms with E-state index < -0.39 is 16.0 Å². The number of hydrogen-bond acceptors (Lipinski definition) is 7. The summed E-state index contributed by atoms with van der Waals surface area (Å²) in [7, 11) is -2.35. The van der Waals surface area contributed by atoms with Crippen LogP contribution >= 0.6 is 0 Å². The van der Waals surface area contributed by atoms with Crippen molar-refractivity contribution in [3.8, 4) is 17.2 Å². The number of carbonyl (C=O) groups excluding carboxylic acids is 1. The molecule has 3 aromatic rings. The molecule has 33 heavy (non-hydrogen) atoms. The first kappa shape index (κ1) is 23.8. The molecule has 0 saturated heterocycles. The van der Waals surface area contributed by atoms with Crippen LogP contribution in [0.25, 0.3) is 0 Å². The Morgan fingerprint density at radius 2 is 1.70 bits per heavy atom. The molecule has 1 N–H and O–H groups in total. The van der Waals surface area contributed by atoms with Crippen LogP contribution in [0.15, 0.2) is 76.7 Å². The molecule has 0 saturated carbocycles. The monoisotopic (exact) mass is 468 g/mol. The van der Waals surface area contributed by atoms with Gasteiger partial charge in [0.2, 0.25) is 0 Å². The lowest BCUT2D eigenvalue weighted by atomic mass is 10.2. The summed E-state index contributed by atoms with van der Waals surface area (Å²) in [6.45, 7) is 4.28. The molecule has 0 aliphatic rings. The average molecular weight is 469 g/mol. The quantitative estimate of drug-likeness (QED) is 0.221. The van der Waals surface area contributed by atoms with Crippen molar-refractivity contribution in [3.05, 3.63) is 83.4 Å². The molecule has 0 amide bonds. The number of esters is 1. The summed E-state index contributed by atoms with van der Waals surface area (Å²) in [5.74, 6) is 0.616. The van der Waals surface area contributed by atoms with E-state index in [4.69, 9.17) is 14.2 Å². The van der Waals surface area contributed by atoms with Gasteiger partial charge in [0, 0.05) is 0 Å². The van der Waals surface area contributed by atoms with E-state index in [2.05, 4.69) is 9.93 Å². The maximum atomic E-state index is 12.5. The van der Waals surface area contributed by atoms with E-state index in [0.29, 0.717) is 29.2 Å². The van der Waals surface area contributed by atoms with Crippen molar-refractivity contribution in [2.45, 2.75) is 18.7 Å². The first-order chi connectivity index (χ1) is 15.8. The Hall–Kier alpha value is -3.85. The van der Waals surface area contributed by atoms with Crippen LogP contribution < -0.4 is 19.0 Å². The standard InChI is InChI=1S/C24H24N2O6S/c1-4-31-20-10-8-19(9-11-20)24(27)32-22-14-7-18(15-23(22)30-3)16-25-26-33(28,29)21-12-5-17(2)6-13-21/h5-16,26H,4H2,1-3H3. The van der Waals surface area contributed by atoms with Crippen LogP contribution in [0.3, 0.4) is 0 Å². The third-order valence-corrected chi connectivity index (χ3v) is 5.75. The fourth-order valence-corrected chi connectivity index (χ4v) is 3.59. The van der Waals surface area contributed by atoms with Gasteiger partial charge in [-0.1, -0.05) is 17.7 Å². The summed E-state index contributed by atoms with van der Waals surface area (Å²) in [6.07, 6.45) is 1.33. The van der Waals surface area contributed by atoms with Crippen LogP contribution in [0.2, 0.25) is 0 Å². The minimum absolute atomic E-state index is 0.111. The molecule has 0 atom stereocenters. The second-order valence-corrected chi connectivity index (χ2v) is 8.58. The number of nitrogens with zero attached hydrogens (tertiary/aromatic N) is 1. The van der Waals surface area contributed by atoms with Gasteiger partial charge in [0.1, 0.15) is 5.75 Å². The fourth-order valence-electron chi connectivity index (χ4n) is 2.80. The number of ether oxygens (including phenoxy) is 3. The number of rotatable bonds is 9. The Kier molecular flexibility index (Phi) is 7.68. The van der Waals surface area contributed by atoms with Gasteiger partial charge < -0.3 is 14.2 Å². The van der Waals surface area contributed by atoms with Crippen molar-refractivity contribution in [2.24, 2.45) is 5.10 Å². The molecular weight excluding hydrogens is 444 g/mol. The van der Waals surface area contributed by atoms with Crippen molar-refractivity contribution in [2.75, 3.05) is 13.7 Å². The smallest absolute Gasteiger partial charge is 0.343 e. The van der Waals surface area contributed by atoms with Gasteiger partial charge in [0.05, 0.1) is 30.4 Å². The highest BCUT2D eigenvalue weighted by molar-refractivity contribution is 7.89. The van der Waals surface area contributed by atoms with Crippen LogP contribution in [0, 0.1) is 6.92 Å². The molecule has 0 bridgehead atoms. The highest BCUT2D eigenvalue weighted by atomic mass is 32.2. The molecule has 8 nitrogen and oxygen atoms in total. The number of methoxy groups -OCH3 is 1. The molecule has 0 spiro atoms. The van der Waals surface area contributed by atoms with Gasteiger partial charge in [-0.05, 0) is 74.0 Å². The lowest BCUT2D eigenvalue weighted by molar-refractivity contribution is 0.0729. The second kappa shape index (κ2) is 10.6. The number of hydrazone groups is 1. The van der Waals surface area contributed by atoms with E-state index in [9.17, 15) is 13.2 Å². The number of benzene rings is 3. The molecule has 9 heteroatoms. The average Bonchev–Trinajstić information content (AvgIpc) is 2.80. The maximum absolute atomic E-state index is 12.5. The van der Waals surface area contributed by atoms with E-state index in [1.165, 1.54) is 25.5 Å². The van der Waals surface area contributed by atoms with Crippen molar-refractivity contribution < 1.29 is 27.4 Å². The number of aryl methyl sites for hydroxylation is 1. The van der Waals surface area contributed by atoms with Crippen molar-refractivity contribution in [1.29, 1.82) is 0 Å². The Balaban J connectivity index is 1.68. The third-order valence-electron chi connectivity index (χ3n) is 4.51. The molecule has 0 fully saturated rings. The predicted molar refractivity (Wildman–Crippen MR) is 125 cm³/mol. The predicted octanol–water partition coefficient (Wildman–Crippen LogP) is 3.93. The van der Waals surface area contributed by atoms with Gasteiger partial charge in [0.25, 0.3) is 10.0 Å². The van der Waals surface area contributed by atoms with Gasteiger partial charge in [-0.25, -0.2) is 9.63 Å². The lowest BCUT2D eigenvalue weighted by Crippen LogP contribution is -2.18. The molecule has 0 aliphatic heterocycles. The summed E-state index contributed by atoms with van der Waals surface area (Å²) >= 11 is 0. The first-order valence-electron chi connectivity index (χ1n) is 10.1. The minimum Gasteiger partial charge on any atom is -0.494 e. The second-order valence-electron chi connectivity index (χ2n) is 6.92. The molecule has 0 unspecified atom stereocenters. The zero-order chi connectivity index (χ0) is 23.8. The van der Waals surface area contributed by atoms with Gasteiger partial charge in [-0.15, -0.1) is 0 Å². The number of sulfonamides is 1. The Morgan fingerprint density at radius 1 is 1.00 bits per heavy atom. The van der Waals surface area contributed by atoms with Crippen molar-refractivity contribution in [3.63, 3.8) is 0 Å². The largest absolute Gasteiger partial charge is 0.494 e. The minimum atomic E-state index is -3.78. The third kappa shape index (κ3) is 6.33. The number of carbonyl (C=O) groups is 1. The van der Waals surface area contributed by atoms with Crippen LogP contribution in [0.4, 0.5) is 0 Å². The van der Waals surface area contributed by atoms with Crippen LogP contribution in [-0.2, 0) is 10.0 Å². The molecule has 0 aromatic heterocycles. The zero-order valence-corrected chi connectivity index (χ0v) is 19.3. The Morgan fingerprint density at radius 3 is 2.33 bits per heavy atom. The molecule has 0 aliphatic carbocycles. The Labute approximate surface area is 192 Å². The lowest BCUT2D eigenvalue weighted by Gasteiger charge is -2.10. The summed E-state index contributed by atoms with van der Waals surface area (Å²) < 4.78 is 40.7. The fraction of sp³-hybridized carbons (Fsp3) is 0.167. The van der Waals surface area contributed by atoms with E-state index >= 15 is 0 Å². The number of nitrogens with one attached hydrogen (secondary N) is 1. The van der Waals surface area contributed by atoms with E-state index in [1.54, 1.807) is 54.6 Å². The summed E-state index contributed by atoms with van der Waals surface area (Å²) in [6, 6.07) is 17.8. The van der Waals surface area contributed by atoms with E-state index in [-0.39, 0.29) is 10.6 Å². The van der Waals surface area contributed by atoms with Crippen molar-refractivity contribution in [1.82, 2.24) is 4.83 Å². The molecule has 172 valence electrons. The normalized spacial score (nSPS) is 11.2. The van der Waals surface area contributed by atoms with Gasteiger partial charge in [-0.3, -0.25) is 0 Å². The van der Waals surface area contributed by atoms with Crippen LogP contribution in [0.1, 0.15) is 28.4 Å². The summed E-state index contributed by atoms with van der Waals surface area (Å²) in [5, 5.41) is 3.81. The topological polar surface area (TPSA) is 103 Å². The van der Waals surface area contributed by atoms with E-state index in [0.717, 1.165) is 5.56 Å².